The van der Waals surface area contributed by atoms with E-state index in [-0.39, 0.29) is 12.2 Å². The molecule has 1 unspecified atom stereocenters. The molecular formula is C13H12O5. The van der Waals surface area contributed by atoms with Gasteiger partial charge in [-0.25, -0.2) is 4.79 Å². The van der Waals surface area contributed by atoms with Crippen molar-refractivity contribution in [1.82, 2.24) is 0 Å². The molecule has 0 fully saturated rings. The van der Waals surface area contributed by atoms with Gasteiger partial charge in [-0.3, -0.25) is 9.59 Å². The summed E-state index contributed by atoms with van der Waals surface area (Å²) in [7, 11) is 2.62. The summed E-state index contributed by atoms with van der Waals surface area (Å²) in [6, 6.07) is 5.04. The zero-order valence-corrected chi connectivity index (χ0v) is 10.1. The second-order valence-electron chi connectivity index (χ2n) is 4.00. The fourth-order valence-electron chi connectivity index (χ4n) is 2.04. The molecule has 1 aromatic carbocycles. The molecule has 0 spiro atoms. The molecule has 94 valence electrons. The number of ketones is 2. The van der Waals surface area contributed by atoms with E-state index in [0.717, 1.165) is 12.7 Å². The van der Waals surface area contributed by atoms with Crippen LogP contribution in [0.3, 0.4) is 0 Å². The topological polar surface area (TPSA) is 69.7 Å². The number of ether oxygens (including phenoxy) is 2. The van der Waals surface area contributed by atoms with E-state index in [1.54, 1.807) is 18.2 Å². The van der Waals surface area contributed by atoms with Gasteiger partial charge in [0.15, 0.2) is 5.78 Å². The highest BCUT2D eigenvalue weighted by Crippen LogP contribution is 2.30. The van der Waals surface area contributed by atoms with Crippen molar-refractivity contribution in [2.45, 2.75) is 6.42 Å². The average molecular weight is 248 g/mol. The summed E-state index contributed by atoms with van der Waals surface area (Å²) in [6.45, 7) is 0. The largest absolute Gasteiger partial charge is 0.497 e. The van der Waals surface area contributed by atoms with Crippen molar-refractivity contribution >= 4 is 17.5 Å². The van der Waals surface area contributed by atoms with E-state index in [0.29, 0.717) is 11.3 Å². The average Bonchev–Trinajstić information content (AvgIpc) is 2.73. The van der Waals surface area contributed by atoms with Gasteiger partial charge in [0.05, 0.1) is 20.1 Å². The number of benzene rings is 1. The minimum absolute atomic E-state index is 0.242. The summed E-state index contributed by atoms with van der Waals surface area (Å²) in [5.41, 5.74) is 1.19. The molecule has 0 amide bonds. The van der Waals surface area contributed by atoms with Crippen molar-refractivity contribution < 1.29 is 23.9 Å². The number of hydrogen-bond acceptors (Lipinski definition) is 5. The Morgan fingerprint density at radius 3 is 2.61 bits per heavy atom. The van der Waals surface area contributed by atoms with Gasteiger partial charge in [-0.15, -0.1) is 0 Å². The van der Waals surface area contributed by atoms with Gasteiger partial charge in [0, 0.05) is 5.56 Å². The van der Waals surface area contributed by atoms with Crippen LogP contribution in [0.25, 0.3) is 0 Å². The number of Topliss-reactive ketones (excluding diaryl/α,β-unsaturated/α-hetero) is 2. The van der Waals surface area contributed by atoms with Crippen LogP contribution < -0.4 is 4.74 Å². The molecule has 0 aromatic heterocycles. The molecule has 2 rings (SSSR count). The Bertz CT molecular complexity index is 532. The third kappa shape index (κ3) is 1.88. The molecule has 5 heteroatoms. The predicted molar refractivity (Wildman–Crippen MR) is 61.5 cm³/mol. The number of carbonyl (C=O) groups is 3. The first kappa shape index (κ1) is 12.3. The first-order chi connectivity index (χ1) is 8.58. The molecule has 1 aliphatic rings. The third-order valence-electron chi connectivity index (χ3n) is 3.03. The summed E-state index contributed by atoms with van der Waals surface area (Å²) in [5.74, 6) is -2.53. The molecule has 1 aromatic rings. The number of fused-ring (bicyclic) bond motifs is 1. The fraction of sp³-hybridized carbons (Fsp3) is 0.308. The Balaban J connectivity index is 2.30. The molecule has 18 heavy (non-hydrogen) atoms. The fourth-order valence-corrected chi connectivity index (χ4v) is 2.04. The molecule has 5 nitrogen and oxygen atoms in total. The Labute approximate surface area is 104 Å². The SMILES string of the molecule is COC(=O)C(=O)C1Cc2ccc(OC)cc2C1=O. The van der Waals surface area contributed by atoms with Crippen LogP contribution in [0.4, 0.5) is 0 Å². The first-order valence-corrected chi connectivity index (χ1v) is 5.41. The molecule has 0 heterocycles. The lowest BCUT2D eigenvalue weighted by Gasteiger charge is -2.03. The van der Waals surface area contributed by atoms with Crippen LogP contribution in [0.15, 0.2) is 18.2 Å². The van der Waals surface area contributed by atoms with E-state index in [1.807, 2.05) is 0 Å². The maximum absolute atomic E-state index is 12.0. The second-order valence-corrected chi connectivity index (χ2v) is 4.00. The molecule has 0 saturated heterocycles. The molecule has 0 radical (unpaired) electrons. The summed E-state index contributed by atoms with van der Waals surface area (Å²) < 4.78 is 9.37. The van der Waals surface area contributed by atoms with Gasteiger partial charge in [0.25, 0.3) is 5.78 Å². The monoisotopic (exact) mass is 248 g/mol. The van der Waals surface area contributed by atoms with E-state index in [1.165, 1.54) is 7.11 Å². The minimum atomic E-state index is -0.979. The van der Waals surface area contributed by atoms with Gasteiger partial charge in [0.1, 0.15) is 5.75 Å². The number of carbonyl (C=O) groups excluding carboxylic acids is 3. The van der Waals surface area contributed by atoms with E-state index in [9.17, 15) is 14.4 Å². The van der Waals surface area contributed by atoms with E-state index >= 15 is 0 Å². The van der Waals surface area contributed by atoms with Crippen LogP contribution in [0.5, 0.6) is 5.75 Å². The summed E-state index contributed by atoms with van der Waals surface area (Å²) >= 11 is 0. The molecule has 1 aliphatic carbocycles. The lowest BCUT2D eigenvalue weighted by molar-refractivity contribution is -0.152. The summed E-state index contributed by atoms with van der Waals surface area (Å²) in [6.07, 6.45) is 0.242. The molecular weight excluding hydrogens is 236 g/mol. The van der Waals surface area contributed by atoms with Crippen molar-refractivity contribution in [1.29, 1.82) is 0 Å². The molecule has 0 aliphatic heterocycles. The standard InChI is InChI=1S/C13H12O5/c1-17-8-4-3-7-5-10(11(14)9(7)6-8)12(15)13(16)18-2/h3-4,6,10H,5H2,1-2H3. The normalized spacial score (nSPS) is 17.2. The number of esters is 1. The van der Waals surface area contributed by atoms with Crippen molar-refractivity contribution in [3.8, 4) is 5.75 Å². The van der Waals surface area contributed by atoms with Crippen LogP contribution >= 0.6 is 0 Å². The molecule has 0 N–H and O–H groups in total. The highest BCUT2D eigenvalue weighted by molar-refractivity contribution is 6.40. The lowest BCUT2D eigenvalue weighted by Crippen LogP contribution is -2.28. The Morgan fingerprint density at radius 2 is 2.00 bits per heavy atom. The quantitative estimate of drug-likeness (QED) is 0.449. The van der Waals surface area contributed by atoms with Crippen molar-refractivity contribution in [2.24, 2.45) is 5.92 Å². The highest BCUT2D eigenvalue weighted by Gasteiger charge is 2.39. The van der Waals surface area contributed by atoms with Gasteiger partial charge in [0.2, 0.25) is 0 Å². The smallest absolute Gasteiger partial charge is 0.375 e. The van der Waals surface area contributed by atoms with Gasteiger partial charge < -0.3 is 9.47 Å². The van der Waals surface area contributed by atoms with Crippen LogP contribution in [0.1, 0.15) is 15.9 Å². The van der Waals surface area contributed by atoms with Crippen molar-refractivity contribution in [2.75, 3.05) is 14.2 Å². The van der Waals surface area contributed by atoms with Crippen LogP contribution in [0, 0.1) is 5.92 Å². The van der Waals surface area contributed by atoms with E-state index in [4.69, 9.17) is 4.74 Å². The Kier molecular flexibility index (Phi) is 3.14. The van der Waals surface area contributed by atoms with Crippen LogP contribution in [0.2, 0.25) is 0 Å². The number of rotatable bonds is 3. The minimum Gasteiger partial charge on any atom is -0.497 e. The van der Waals surface area contributed by atoms with Crippen LogP contribution in [-0.4, -0.2) is 31.8 Å². The first-order valence-electron chi connectivity index (χ1n) is 5.41. The van der Waals surface area contributed by atoms with Crippen molar-refractivity contribution in [3.05, 3.63) is 29.3 Å². The highest BCUT2D eigenvalue weighted by atomic mass is 16.5. The maximum Gasteiger partial charge on any atom is 0.375 e. The zero-order chi connectivity index (χ0) is 13.3. The van der Waals surface area contributed by atoms with Crippen molar-refractivity contribution in [3.63, 3.8) is 0 Å². The molecule has 1 atom stereocenters. The van der Waals surface area contributed by atoms with Gasteiger partial charge in [-0.05, 0) is 24.1 Å². The van der Waals surface area contributed by atoms with Crippen LogP contribution in [-0.2, 0) is 20.7 Å². The number of hydrogen-bond donors (Lipinski definition) is 0. The van der Waals surface area contributed by atoms with Gasteiger partial charge >= 0.3 is 5.97 Å². The van der Waals surface area contributed by atoms with E-state index < -0.39 is 17.7 Å². The number of methoxy groups -OCH3 is 2. The Morgan fingerprint density at radius 1 is 1.28 bits per heavy atom. The predicted octanol–water partition coefficient (Wildman–Crippen LogP) is 0.792. The maximum atomic E-state index is 12.0. The van der Waals surface area contributed by atoms with Gasteiger partial charge in [-0.1, -0.05) is 6.07 Å². The summed E-state index contributed by atoms with van der Waals surface area (Å²) in [4.78, 5) is 34.9. The molecule has 0 saturated carbocycles. The third-order valence-corrected chi connectivity index (χ3v) is 3.03. The van der Waals surface area contributed by atoms with E-state index in [2.05, 4.69) is 4.74 Å². The molecule has 0 bridgehead atoms. The summed E-state index contributed by atoms with van der Waals surface area (Å²) in [5, 5.41) is 0. The van der Waals surface area contributed by atoms with Gasteiger partial charge in [-0.2, -0.15) is 0 Å². The second kappa shape index (κ2) is 4.60. The zero-order valence-electron chi connectivity index (χ0n) is 10.1. The lowest BCUT2D eigenvalue weighted by atomic mass is 10.00. The Hall–Kier alpha value is -2.17.